The van der Waals surface area contributed by atoms with E-state index in [1.165, 1.54) is 30.4 Å². The third-order valence-corrected chi connectivity index (χ3v) is 4.98. The van der Waals surface area contributed by atoms with Crippen LogP contribution in [0.5, 0.6) is 0 Å². The molecule has 1 aromatic carbocycles. The fraction of sp³-hybridized carbons (Fsp3) is 0.571. The van der Waals surface area contributed by atoms with Gasteiger partial charge in [-0.1, -0.05) is 30.7 Å². The summed E-state index contributed by atoms with van der Waals surface area (Å²) < 4.78 is 9.50. The smallest absolute Gasteiger partial charge is 0.0716 e. The van der Waals surface area contributed by atoms with Crippen molar-refractivity contribution in [3.8, 4) is 0 Å². The van der Waals surface area contributed by atoms with E-state index in [1.54, 1.807) is 0 Å². The molecular weight excluding hydrogens is 230 g/mol. The number of hydrogen-bond donors (Lipinski definition) is 2. The largest absolute Gasteiger partial charge is 0.329 e. The molecule has 1 fully saturated rings. The van der Waals surface area contributed by atoms with Gasteiger partial charge in [0.05, 0.1) is 5.25 Å². The Morgan fingerprint density at radius 3 is 2.82 bits per heavy atom. The molecule has 1 saturated carbocycles. The molecule has 3 heteroatoms. The molecule has 2 unspecified atom stereocenters. The summed E-state index contributed by atoms with van der Waals surface area (Å²) in [6.07, 6.45) is 5.21. The van der Waals surface area contributed by atoms with Gasteiger partial charge in [-0.25, -0.2) is 0 Å². The summed E-state index contributed by atoms with van der Waals surface area (Å²) in [5.74, 6) is 0.878. The molecule has 0 aromatic heterocycles. The Labute approximate surface area is 107 Å². The predicted molar refractivity (Wildman–Crippen MR) is 72.2 cm³/mol. The molecule has 0 spiro atoms. The van der Waals surface area contributed by atoms with E-state index in [1.807, 2.05) is 0 Å². The van der Waals surface area contributed by atoms with Crippen LogP contribution in [0.15, 0.2) is 24.3 Å². The fourth-order valence-corrected chi connectivity index (χ4v) is 3.57. The van der Waals surface area contributed by atoms with E-state index in [0.29, 0.717) is 6.04 Å². The Morgan fingerprint density at radius 2 is 2.12 bits per heavy atom. The molecular formula is C14H19NOS. The number of nitrogens with one attached hydrogen (secondary N) is 1. The third kappa shape index (κ3) is 2.24. The molecule has 0 amide bonds. The van der Waals surface area contributed by atoms with Gasteiger partial charge in [0.2, 0.25) is 0 Å². The Bertz CT molecular complexity index is 392. The maximum Gasteiger partial charge on any atom is 0.0716 e. The highest BCUT2D eigenvalue weighted by Crippen LogP contribution is 2.40. The zero-order chi connectivity index (χ0) is 11.7. The quantitative estimate of drug-likeness (QED) is 0.803. The van der Waals surface area contributed by atoms with Gasteiger partial charge in [0, 0.05) is 6.04 Å². The maximum atomic E-state index is 9.50. The van der Waals surface area contributed by atoms with Crippen LogP contribution in [0.4, 0.5) is 0 Å². The molecule has 2 atom stereocenters. The van der Waals surface area contributed by atoms with E-state index in [-0.39, 0.29) is 5.25 Å². The summed E-state index contributed by atoms with van der Waals surface area (Å²) in [7, 11) is 0. The number of hydrogen-bond acceptors (Lipinski definition) is 3. The summed E-state index contributed by atoms with van der Waals surface area (Å²) in [5.41, 5.74) is 2.70. The van der Waals surface area contributed by atoms with Gasteiger partial charge in [-0.3, -0.25) is 0 Å². The Hall–Kier alpha value is -0.510. The van der Waals surface area contributed by atoms with Gasteiger partial charge in [0.1, 0.15) is 0 Å². The van der Waals surface area contributed by atoms with Crippen molar-refractivity contribution < 1.29 is 4.55 Å². The molecule has 2 N–H and O–H groups in total. The van der Waals surface area contributed by atoms with Gasteiger partial charge < -0.3 is 9.87 Å². The summed E-state index contributed by atoms with van der Waals surface area (Å²) in [6.45, 7) is 1.12. The van der Waals surface area contributed by atoms with Crippen molar-refractivity contribution in [1.82, 2.24) is 5.32 Å². The number of fused-ring (bicyclic) bond motifs is 1. The first-order valence-corrected chi connectivity index (χ1v) is 7.33. The average molecular weight is 249 g/mol. The zero-order valence-electron chi connectivity index (χ0n) is 9.93. The second-order valence-electron chi connectivity index (χ2n) is 5.24. The maximum absolute atomic E-state index is 9.50. The number of benzene rings is 1. The second-order valence-corrected chi connectivity index (χ2v) is 5.96. The van der Waals surface area contributed by atoms with Crippen LogP contribution in [0.3, 0.4) is 0 Å². The standard InChI is InChI=1S/C14H19NOS/c16-17-14-12-7-2-1-6-11(12)8-13(14)15-9-10-4-3-5-10/h1-2,6-7,10,13-16H,3-5,8-9H2. The van der Waals surface area contributed by atoms with Crippen LogP contribution in [0.1, 0.15) is 35.6 Å². The molecule has 2 nitrogen and oxygen atoms in total. The molecule has 17 heavy (non-hydrogen) atoms. The predicted octanol–water partition coefficient (Wildman–Crippen LogP) is 3.25. The van der Waals surface area contributed by atoms with Gasteiger partial charge >= 0.3 is 0 Å². The van der Waals surface area contributed by atoms with E-state index in [0.717, 1.165) is 30.9 Å². The lowest BCUT2D eigenvalue weighted by atomic mass is 9.85. The first-order valence-electron chi connectivity index (χ1n) is 6.50. The molecule has 0 bridgehead atoms. The first-order chi connectivity index (χ1) is 8.38. The Balaban J connectivity index is 1.66. The highest BCUT2D eigenvalue weighted by molar-refractivity contribution is 7.94. The van der Waals surface area contributed by atoms with Crippen LogP contribution in [0.25, 0.3) is 0 Å². The van der Waals surface area contributed by atoms with Gasteiger partial charge in [-0.05, 0) is 54.9 Å². The summed E-state index contributed by atoms with van der Waals surface area (Å²) in [5, 5.41) is 3.86. The SMILES string of the molecule is OSC1c2ccccc2CC1NCC1CCC1. The molecule has 0 aliphatic heterocycles. The zero-order valence-corrected chi connectivity index (χ0v) is 10.7. The summed E-state index contributed by atoms with van der Waals surface area (Å²) in [4.78, 5) is 0. The van der Waals surface area contributed by atoms with Crippen LogP contribution in [-0.4, -0.2) is 17.1 Å². The summed E-state index contributed by atoms with van der Waals surface area (Å²) >= 11 is 0.998. The van der Waals surface area contributed by atoms with Crippen LogP contribution in [0, 0.1) is 5.92 Å². The molecule has 2 aliphatic carbocycles. The minimum atomic E-state index is 0.214. The first kappa shape index (κ1) is 11.6. The van der Waals surface area contributed by atoms with Crippen molar-refractivity contribution in [1.29, 1.82) is 0 Å². The Kier molecular flexibility index (Phi) is 3.41. The number of rotatable bonds is 4. The highest BCUT2D eigenvalue weighted by Gasteiger charge is 2.33. The van der Waals surface area contributed by atoms with Gasteiger partial charge in [-0.15, -0.1) is 0 Å². The van der Waals surface area contributed by atoms with E-state index in [9.17, 15) is 4.55 Å². The van der Waals surface area contributed by atoms with Gasteiger partial charge in [0.15, 0.2) is 0 Å². The Morgan fingerprint density at radius 1 is 1.29 bits per heavy atom. The van der Waals surface area contributed by atoms with E-state index in [2.05, 4.69) is 29.6 Å². The molecule has 1 aromatic rings. The minimum absolute atomic E-state index is 0.214. The van der Waals surface area contributed by atoms with Gasteiger partial charge in [-0.2, -0.15) is 0 Å². The highest BCUT2D eigenvalue weighted by atomic mass is 32.2. The molecule has 2 aliphatic rings. The van der Waals surface area contributed by atoms with E-state index in [4.69, 9.17) is 0 Å². The van der Waals surface area contributed by atoms with Crippen LogP contribution in [0.2, 0.25) is 0 Å². The lowest BCUT2D eigenvalue weighted by molar-refractivity contribution is 0.289. The van der Waals surface area contributed by atoms with E-state index >= 15 is 0 Å². The van der Waals surface area contributed by atoms with Gasteiger partial charge in [0.25, 0.3) is 0 Å². The monoisotopic (exact) mass is 249 g/mol. The lowest BCUT2D eigenvalue weighted by Crippen LogP contribution is -2.37. The minimum Gasteiger partial charge on any atom is -0.329 e. The second kappa shape index (κ2) is 5.01. The topological polar surface area (TPSA) is 32.3 Å². The van der Waals surface area contributed by atoms with Crippen LogP contribution < -0.4 is 5.32 Å². The normalized spacial score (nSPS) is 27.8. The van der Waals surface area contributed by atoms with Crippen molar-refractivity contribution in [2.75, 3.05) is 6.54 Å². The van der Waals surface area contributed by atoms with Crippen molar-refractivity contribution in [3.05, 3.63) is 35.4 Å². The van der Waals surface area contributed by atoms with Crippen molar-refractivity contribution in [3.63, 3.8) is 0 Å². The molecule has 0 radical (unpaired) electrons. The lowest BCUT2D eigenvalue weighted by Gasteiger charge is -2.28. The average Bonchev–Trinajstić information content (AvgIpc) is 2.64. The molecule has 0 saturated heterocycles. The van der Waals surface area contributed by atoms with E-state index < -0.39 is 0 Å². The molecule has 92 valence electrons. The van der Waals surface area contributed by atoms with Crippen molar-refractivity contribution in [2.45, 2.75) is 37.0 Å². The molecule has 3 rings (SSSR count). The van der Waals surface area contributed by atoms with Crippen LogP contribution in [-0.2, 0) is 6.42 Å². The summed E-state index contributed by atoms with van der Waals surface area (Å²) in [6, 6.07) is 8.89. The van der Waals surface area contributed by atoms with Crippen molar-refractivity contribution >= 4 is 12.0 Å². The van der Waals surface area contributed by atoms with Crippen molar-refractivity contribution in [2.24, 2.45) is 5.92 Å². The molecule has 0 heterocycles. The fourth-order valence-electron chi connectivity index (χ4n) is 2.88. The van der Waals surface area contributed by atoms with Crippen LogP contribution >= 0.6 is 12.0 Å². The third-order valence-electron chi connectivity index (χ3n) is 4.17.